The van der Waals surface area contributed by atoms with Crippen molar-refractivity contribution in [2.24, 2.45) is 0 Å². The molecule has 0 fully saturated rings. The van der Waals surface area contributed by atoms with E-state index in [9.17, 15) is 17.7 Å². The number of aromatic nitrogens is 1. The van der Waals surface area contributed by atoms with E-state index in [1.807, 2.05) is 0 Å². The van der Waals surface area contributed by atoms with Crippen molar-refractivity contribution in [3.63, 3.8) is 0 Å². The van der Waals surface area contributed by atoms with Crippen molar-refractivity contribution in [3.8, 4) is 6.19 Å². The number of thiazole rings is 1. The second-order valence-electron chi connectivity index (χ2n) is 3.90. The van der Waals surface area contributed by atoms with Crippen LogP contribution in [0.1, 0.15) is 23.7 Å². The number of rotatable bonds is 2. The molecular formula is C9H11F3N3OS2+. The summed E-state index contributed by atoms with van der Waals surface area (Å²) in [5.74, 6) is 0. The Balaban J connectivity index is 3.23. The predicted octanol–water partition coefficient (Wildman–Crippen LogP) is 2.80. The van der Waals surface area contributed by atoms with E-state index in [1.165, 1.54) is 7.05 Å². The van der Waals surface area contributed by atoms with Gasteiger partial charge in [-0.25, -0.2) is 4.98 Å². The van der Waals surface area contributed by atoms with Gasteiger partial charge in [0, 0.05) is 11.1 Å². The molecule has 0 bridgehead atoms. The molecule has 0 aliphatic carbocycles. The first-order valence-electron chi connectivity index (χ1n) is 4.71. The average molecular weight is 298 g/mol. The fourth-order valence-corrected chi connectivity index (χ4v) is 3.28. The van der Waals surface area contributed by atoms with Crippen LogP contribution >= 0.6 is 11.3 Å². The zero-order valence-electron chi connectivity index (χ0n) is 9.82. The van der Waals surface area contributed by atoms with Crippen LogP contribution in [0.4, 0.5) is 13.2 Å². The standard InChI is InChI=1S/C9H10F3N3OS2/c1-8(2,18(16)15(3)5-13)6-4-14-7(17-6)9(10,11)12/h4H,1-3H3/p+1. The SMILES string of the molecule is C[N+](C#N)=S(O)C(C)(C)c1cnc(C(F)(F)F)s1. The van der Waals surface area contributed by atoms with E-state index >= 15 is 0 Å². The molecule has 1 atom stereocenters. The molecule has 18 heavy (non-hydrogen) atoms. The van der Waals surface area contributed by atoms with Crippen molar-refractivity contribution in [1.82, 2.24) is 4.98 Å². The van der Waals surface area contributed by atoms with Crippen LogP contribution in [0.25, 0.3) is 0 Å². The Morgan fingerprint density at radius 3 is 2.44 bits per heavy atom. The molecule has 1 N–H and O–H groups in total. The number of halogens is 3. The van der Waals surface area contributed by atoms with Crippen LogP contribution < -0.4 is 0 Å². The molecule has 1 aromatic rings. The minimum absolute atomic E-state index is 0.280. The van der Waals surface area contributed by atoms with Gasteiger partial charge in [-0.15, -0.1) is 15.3 Å². The van der Waals surface area contributed by atoms with Crippen molar-refractivity contribution >= 4 is 22.3 Å². The van der Waals surface area contributed by atoms with E-state index < -0.39 is 26.9 Å². The summed E-state index contributed by atoms with van der Waals surface area (Å²) in [6.45, 7) is 3.13. The van der Waals surface area contributed by atoms with Crippen molar-refractivity contribution in [3.05, 3.63) is 16.1 Å². The van der Waals surface area contributed by atoms with Crippen LogP contribution in [0.5, 0.6) is 0 Å². The molecule has 1 rings (SSSR count). The van der Waals surface area contributed by atoms with Crippen LogP contribution in [0.3, 0.4) is 0 Å². The second-order valence-corrected chi connectivity index (χ2v) is 7.03. The number of nitrogens with zero attached hydrogens (tertiary/aromatic N) is 3. The zero-order chi connectivity index (χ0) is 14.1. The molecular weight excluding hydrogens is 287 g/mol. The summed E-state index contributed by atoms with van der Waals surface area (Å²) in [7, 11) is -0.143. The molecule has 1 aromatic heterocycles. The van der Waals surface area contributed by atoms with Crippen LogP contribution in [0, 0.1) is 11.5 Å². The predicted molar refractivity (Wildman–Crippen MR) is 61.9 cm³/mol. The lowest BCUT2D eigenvalue weighted by molar-refractivity contribution is -0.380. The first kappa shape index (κ1) is 15.1. The highest BCUT2D eigenvalue weighted by molar-refractivity contribution is 7.80. The van der Waals surface area contributed by atoms with Gasteiger partial charge in [0.05, 0.1) is 7.05 Å². The molecule has 0 aliphatic rings. The van der Waals surface area contributed by atoms with E-state index in [-0.39, 0.29) is 4.88 Å². The summed E-state index contributed by atoms with van der Waals surface area (Å²) >= 11 is 0.478. The van der Waals surface area contributed by atoms with E-state index in [4.69, 9.17) is 5.26 Å². The lowest BCUT2D eigenvalue weighted by Gasteiger charge is -2.20. The maximum atomic E-state index is 12.4. The van der Waals surface area contributed by atoms with Gasteiger partial charge >= 0.3 is 12.4 Å². The van der Waals surface area contributed by atoms with Gasteiger partial charge < -0.3 is 4.55 Å². The van der Waals surface area contributed by atoms with Crippen molar-refractivity contribution in [1.29, 1.82) is 5.26 Å². The highest BCUT2D eigenvalue weighted by atomic mass is 32.2. The molecule has 1 heterocycles. The Kier molecular flexibility index (Phi) is 4.15. The molecule has 0 aromatic carbocycles. The van der Waals surface area contributed by atoms with Crippen LogP contribution in [-0.4, -0.2) is 20.5 Å². The zero-order valence-corrected chi connectivity index (χ0v) is 11.4. The van der Waals surface area contributed by atoms with Crippen molar-refractivity contribution < 1.29 is 21.7 Å². The third-order valence-electron chi connectivity index (χ3n) is 2.20. The lowest BCUT2D eigenvalue weighted by Crippen LogP contribution is -2.27. The number of alkyl halides is 3. The van der Waals surface area contributed by atoms with Gasteiger partial charge in [0.25, 0.3) is 0 Å². The maximum absolute atomic E-state index is 12.4. The highest BCUT2D eigenvalue weighted by Crippen LogP contribution is 2.38. The lowest BCUT2D eigenvalue weighted by atomic mass is 10.2. The Hall–Kier alpha value is -0.980. The van der Waals surface area contributed by atoms with Gasteiger partial charge in [-0.3, -0.25) is 0 Å². The topological polar surface area (TPSA) is 59.9 Å². The Labute approximate surface area is 109 Å². The molecule has 0 amide bonds. The quantitative estimate of drug-likeness (QED) is 0.519. The van der Waals surface area contributed by atoms with Crippen molar-refractivity contribution in [2.75, 3.05) is 7.05 Å². The van der Waals surface area contributed by atoms with E-state index in [2.05, 4.69) is 4.98 Å². The fourth-order valence-electron chi connectivity index (χ4n) is 1.15. The summed E-state index contributed by atoms with van der Waals surface area (Å²) in [5, 5.41) is 7.72. The van der Waals surface area contributed by atoms with Crippen LogP contribution in [-0.2, 0) is 21.9 Å². The normalized spacial score (nSPS) is 15.1. The molecule has 0 radical (unpaired) electrons. The second kappa shape index (κ2) is 4.95. The van der Waals surface area contributed by atoms with E-state index in [0.29, 0.717) is 11.3 Å². The smallest absolute Gasteiger partial charge is 0.305 e. The van der Waals surface area contributed by atoms with E-state index in [0.717, 1.165) is 10.1 Å². The Morgan fingerprint density at radius 1 is 1.50 bits per heavy atom. The van der Waals surface area contributed by atoms with Crippen LogP contribution in [0.15, 0.2) is 6.20 Å². The molecule has 9 heteroatoms. The Morgan fingerprint density at radius 2 is 2.06 bits per heavy atom. The fraction of sp³-hybridized carbons (Fsp3) is 0.556. The average Bonchev–Trinajstić information content (AvgIpc) is 2.76. The van der Waals surface area contributed by atoms with Gasteiger partial charge in [0.1, 0.15) is 15.7 Å². The Bertz CT molecular complexity index is 528. The molecule has 0 spiro atoms. The first-order valence-corrected chi connectivity index (χ1v) is 6.66. The molecule has 1 unspecified atom stereocenters. The van der Waals surface area contributed by atoms with Gasteiger partial charge in [0.15, 0.2) is 10.3 Å². The third-order valence-corrected chi connectivity index (χ3v) is 5.43. The molecule has 4 nitrogen and oxygen atoms in total. The van der Waals surface area contributed by atoms with E-state index in [1.54, 1.807) is 20.0 Å². The summed E-state index contributed by atoms with van der Waals surface area (Å²) in [4.78, 5) is 3.59. The minimum Gasteiger partial charge on any atom is -0.305 e. The summed E-state index contributed by atoms with van der Waals surface area (Å²) in [6.07, 6.45) is -1.66. The first-order chi connectivity index (χ1) is 8.10. The largest absolute Gasteiger partial charge is 0.467 e. The third kappa shape index (κ3) is 2.88. The van der Waals surface area contributed by atoms with Gasteiger partial charge in [-0.1, -0.05) is 0 Å². The van der Waals surface area contributed by atoms with Crippen molar-refractivity contribution in [2.45, 2.75) is 24.8 Å². The van der Waals surface area contributed by atoms with Gasteiger partial charge in [-0.05, 0) is 13.8 Å². The number of hydrogen-bond donors (Lipinski definition) is 1. The van der Waals surface area contributed by atoms with Gasteiger partial charge in [0.2, 0.25) is 0 Å². The summed E-state index contributed by atoms with van der Waals surface area (Å²) in [5.41, 5.74) is 0. The van der Waals surface area contributed by atoms with Gasteiger partial charge in [-0.2, -0.15) is 13.2 Å². The number of hydrogen-bond acceptors (Lipinski definition) is 3. The highest BCUT2D eigenvalue weighted by Gasteiger charge is 2.38. The molecule has 0 saturated heterocycles. The monoisotopic (exact) mass is 298 g/mol. The number of nitriles is 1. The molecule has 0 aliphatic heterocycles. The summed E-state index contributed by atoms with van der Waals surface area (Å²) < 4.78 is 47.3. The minimum atomic E-state index is -4.49. The maximum Gasteiger partial charge on any atom is 0.467 e. The molecule has 100 valence electrons. The summed E-state index contributed by atoms with van der Waals surface area (Å²) in [6, 6.07) is 0. The molecule has 0 saturated carbocycles. The van der Waals surface area contributed by atoms with Crippen LogP contribution in [0.2, 0.25) is 0 Å².